The summed E-state index contributed by atoms with van der Waals surface area (Å²) in [7, 11) is 1.96. The van der Waals surface area contributed by atoms with Gasteiger partial charge in [-0.3, -0.25) is 14.2 Å². The van der Waals surface area contributed by atoms with Gasteiger partial charge in [0.2, 0.25) is 0 Å². The van der Waals surface area contributed by atoms with Crippen molar-refractivity contribution in [1.29, 1.82) is 0 Å². The SMILES string of the molecule is C=CCn1c(=S)sc2c(=O)n(CC(=O)/C=C3\N(C)c4ccccc4C3(C)C)cnc21. The third kappa shape index (κ3) is 3.16. The van der Waals surface area contributed by atoms with E-state index < -0.39 is 0 Å². The molecule has 0 radical (unpaired) electrons. The van der Waals surface area contributed by atoms with Crippen molar-refractivity contribution in [2.45, 2.75) is 32.4 Å². The van der Waals surface area contributed by atoms with Gasteiger partial charge < -0.3 is 9.47 Å². The van der Waals surface area contributed by atoms with E-state index in [0.717, 1.165) is 11.4 Å². The fraction of sp³-hybridized carbons (Fsp3) is 0.273. The van der Waals surface area contributed by atoms with E-state index in [2.05, 4.69) is 31.5 Å². The highest BCUT2D eigenvalue weighted by molar-refractivity contribution is 7.73. The molecule has 8 heteroatoms. The zero-order chi connectivity index (χ0) is 21.6. The van der Waals surface area contributed by atoms with E-state index in [-0.39, 0.29) is 23.3 Å². The fourth-order valence-corrected chi connectivity index (χ4v) is 5.32. The first-order valence-corrected chi connectivity index (χ1v) is 10.8. The van der Waals surface area contributed by atoms with Gasteiger partial charge in [0.05, 0.1) is 6.54 Å². The number of rotatable bonds is 5. The van der Waals surface area contributed by atoms with Crippen molar-refractivity contribution in [3.8, 4) is 0 Å². The summed E-state index contributed by atoms with van der Waals surface area (Å²) < 4.78 is 4.13. The Morgan fingerprint density at radius 2 is 2.07 bits per heavy atom. The maximum absolute atomic E-state index is 12.9. The third-order valence-electron chi connectivity index (χ3n) is 5.52. The standard InChI is InChI=1S/C22H22N4O2S2/c1-5-10-26-19-18(30-21(26)29)20(28)25(13-23-19)12-14(27)11-17-22(2,3)15-8-6-7-9-16(15)24(17)4/h5-9,11,13H,1,10,12H2,2-4H3/b17-11-. The molecule has 154 valence electrons. The molecule has 0 unspecified atom stereocenters. The number of carbonyl (C=O) groups is 1. The topological polar surface area (TPSA) is 60.1 Å². The lowest BCUT2D eigenvalue weighted by Gasteiger charge is -2.24. The normalized spacial score (nSPS) is 16.2. The van der Waals surface area contributed by atoms with Crippen molar-refractivity contribution in [2.24, 2.45) is 0 Å². The molecule has 1 aliphatic heterocycles. The fourth-order valence-electron chi connectivity index (χ4n) is 4.00. The molecule has 4 rings (SSSR count). The van der Waals surface area contributed by atoms with Crippen LogP contribution in [-0.4, -0.2) is 26.9 Å². The lowest BCUT2D eigenvalue weighted by Crippen LogP contribution is -2.27. The van der Waals surface area contributed by atoms with E-state index in [0.29, 0.717) is 20.8 Å². The van der Waals surface area contributed by atoms with Crippen molar-refractivity contribution < 1.29 is 4.79 Å². The van der Waals surface area contributed by atoms with E-state index in [1.54, 1.807) is 16.7 Å². The lowest BCUT2D eigenvalue weighted by molar-refractivity contribution is -0.115. The minimum Gasteiger partial charge on any atom is -0.347 e. The number of benzene rings is 1. The Labute approximate surface area is 183 Å². The van der Waals surface area contributed by atoms with Crippen molar-refractivity contribution in [3.05, 3.63) is 74.9 Å². The molecule has 0 aliphatic carbocycles. The van der Waals surface area contributed by atoms with Gasteiger partial charge in [0, 0.05) is 36.5 Å². The van der Waals surface area contributed by atoms with Crippen LogP contribution in [0, 0.1) is 3.95 Å². The Morgan fingerprint density at radius 1 is 1.33 bits per heavy atom. The number of thiazole rings is 1. The molecular formula is C22H22N4O2S2. The molecule has 0 amide bonds. The van der Waals surface area contributed by atoms with Crippen molar-refractivity contribution >= 4 is 45.4 Å². The van der Waals surface area contributed by atoms with Crippen LogP contribution >= 0.6 is 23.6 Å². The van der Waals surface area contributed by atoms with Gasteiger partial charge in [0.15, 0.2) is 15.4 Å². The first-order chi connectivity index (χ1) is 14.3. The van der Waals surface area contributed by atoms with Gasteiger partial charge in [0.25, 0.3) is 5.56 Å². The predicted molar refractivity (Wildman–Crippen MR) is 124 cm³/mol. The highest BCUT2D eigenvalue weighted by Gasteiger charge is 2.38. The van der Waals surface area contributed by atoms with E-state index >= 15 is 0 Å². The highest BCUT2D eigenvalue weighted by atomic mass is 32.1. The van der Waals surface area contributed by atoms with E-state index in [9.17, 15) is 9.59 Å². The van der Waals surface area contributed by atoms with E-state index in [1.165, 1.54) is 27.8 Å². The molecule has 3 aromatic rings. The Hall–Kier alpha value is -2.84. The Balaban J connectivity index is 1.67. The lowest BCUT2D eigenvalue weighted by atomic mass is 9.83. The minimum atomic E-state index is -0.296. The van der Waals surface area contributed by atoms with Crippen LogP contribution in [0.15, 0.2) is 59.8 Å². The van der Waals surface area contributed by atoms with Crippen LogP contribution in [0.25, 0.3) is 10.3 Å². The average molecular weight is 439 g/mol. The van der Waals surface area contributed by atoms with Gasteiger partial charge >= 0.3 is 0 Å². The molecule has 0 saturated heterocycles. The molecule has 6 nitrogen and oxygen atoms in total. The third-order valence-corrected chi connectivity index (χ3v) is 6.95. The van der Waals surface area contributed by atoms with E-state index in [1.807, 2.05) is 30.1 Å². The number of para-hydroxylation sites is 1. The Bertz CT molecular complexity index is 1330. The maximum atomic E-state index is 12.9. The van der Waals surface area contributed by atoms with Crippen LogP contribution in [0.4, 0.5) is 5.69 Å². The highest BCUT2D eigenvalue weighted by Crippen LogP contribution is 2.46. The van der Waals surface area contributed by atoms with Gasteiger partial charge in [-0.15, -0.1) is 6.58 Å². The number of carbonyl (C=O) groups excluding carboxylic acids is 1. The number of anilines is 1. The molecule has 0 fully saturated rings. The van der Waals surface area contributed by atoms with Crippen LogP contribution in [0.1, 0.15) is 19.4 Å². The molecule has 3 heterocycles. The number of ketones is 1. The van der Waals surface area contributed by atoms with Gasteiger partial charge in [-0.05, 0) is 23.8 Å². The number of nitrogens with zero attached hydrogens (tertiary/aromatic N) is 4. The number of allylic oxidation sites excluding steroid dienone is 3. The summed E-state index contributed by atoms with van der Waals surface area (Å²) in [5, 5.41) is 0. The number of hydrogen-bond donors (Lipinski definition) is 0. The average Bonchev–Trinajstić information content (AvgIpc) is 3.13. The van der Waals surface area contributed by atoms with Crippen LogP contribution in [0.3, 0.4) is 0 Å². The van der Waals surface area contributed by atoms with Crippen LogP contribution < -0.4 is 10.5 Å². The molecular weight excluding hydrogens is 416 g/mol. The van der Waals surface area contributed by atoms with Crippen LogP contribution in [-0.2, 0) is 23.3 Å². The number of fused-ring (bicyclic) bond motifs is 2. The minimum absolute atomic E-state index is 0.0718. The van der Waals surface area contributed by atoms with Crippen LogP contribution in [0.2, 0.25) is 0 Å². The summed E-state index contributed by atoms with van der Waals surface area (Å²) in [5.74, 6) is -0.157. The zero-order valence-electron chi connectivity index (χ0n) is 17.1. The number of likely N-dealkylation sites (N-methyl/N-ethyl adjacent to an activating group) is 1. The number of aromatic nitrogens is 3. The molecule has 2 aromatic heterocycles. The second-order valence-electron chi connectivity index (χ2n) is 7.79. The monoisotopic (exact) mass is 438 g/mol. The van der Waals surface area contributed by atoms with Gasteiger partial charge in [-0.1, -0.05) is 49.5 Å². The van der Waals surface area contributed by atoms with E-state index in [4.69, 9.17) is 12.2 Å². The Morgan fingerprint density at radius 3 is 2.77 bits per heavy atom. The van der Waals surface area contributed by atoms with Crippen molar-refractivity contribution in [3.63, 3.8) is 0 Å². The quantitative estimate of drug-likeness (QED) is 0.342. The maximum Gasteiger partial charge on any atom is 0.273 e. The molecule has 0 N–H and O–H groups in total. The Kier molecular flexibility index (Phi) is 5.07. The summed E-state index contributed by atoms with van der Waals surface area (Å²) in [4.78, 5) is 32.2. The van der Waals surface area contributed by atoms with Gasteiger partial charge in [-0.25, -0.2) is 4.98 Å². The summed E-state index contributed by atoms with van der Waals surface area (Å²) in [6.07, 6.45) is 4.77. The molecule has 0 saturated carbocycles. The first kappa shape index (κ1) is 20.4. The second-order valence-corrected chi connectivity index (χ2v) is 9.44. The van der Waals surface area contributed by atoms with Gasteiger partial charge in [0.1, 0.15) is 11.0 Å². The van der Waals surface area contributed by atoms with Crippen molar-refractivity contribution in [2.75, 3.05) is 11.9 Å². The largest absolute Gasteiger partial charge is 0.347 e. The molecule has 0 atom stereocenters. The molecule has 30 heavy (non-hydrogen) atoms. The summed E-state index contributed by atoms with van der Waals surface area (Å²) >= 11 is 6.55. The molecule has 0 spiro atoms. The smallest absolute Gasteiger partial charge is 0.273 e. The summed E-state index contributed by atoms with van der Waals surface area (Å²) in [6.45, 7) is 8.33. The van der Waals surface area contributed by atoms with Crippen LogP contribution in [0.5, 0.6) is 0 Å². The predicted octanol–water partition coefficient (Wildman–Crippen LogP) is 4.06. The molecule has 1 aromatic carbocycles. The molecule has 1 aliphatic rings. The van der Waals surface area contributed by atoms with Gasteiger partial charge in [-0.2, -0.15) is 0 Å². The zero-order valence-corrected chi connectivity index (χ0v) is 18.7. The second kappa shape index (κ2) is 7.45. The molecule has 0 bridgehead atoms. The van der Waals surface area contributed by atoms with Crippen molar-refractivity contribution in [1.82, 2.24) is 14.1 Å². The number of hydrogen-bond acceptors (Lipinski definition) is 6. The first-order valence-electron chi connectivity index (χ1n) is 9.53. The summed E-state index contributed by atoms with van der Waals surface area (Å²) in [6, 6.07) is 8.13. The summed E-state index contributed by atoms with van der Waals surface area (Å²) in [5.41, 5.74) is 3.15.